The second-order valence-electron chi connectivity index (χ2n) is 22.4. The average molecular weight is 1090 g/mol. The third-order valence-electron chi connectivity index (χ3n) is 13.7. The summed E-state index contributed by atoms with van der Waals surface area (Å²) in [5.74, 6) is -0.797. The molecule has 76 heavy (non-hydrogen) atoms. The number of quaternary nitrogens is 1. The first-order chi connectivity index (χ1) is 37.0. The molecule has 0 amide bonds. The van der Waals surface area contributed by atoms with Crippen LogP contribution in [0.3, 0.4) is 0 Å². The van der Waals surface area contributed by atoms with E-state index in [0.717, 1.165) is 83.5 Å². The lowest BCUT2D eigenvalue weighted by molar-refractivity contribution is -0.870. The van der Waals surface area contributed by atoms with E-state index in [-0.39, 0.29) is 32.0 Å². The Morgan fingerprint density at radius 2 is 0.750 bits per heavy atom. The molecule has 0 aromatic heterocycles. The van der Waals surface area contributed by atoms with Crippen LogP contribution in [0.2, 0.25) is 0 Å². The van der Waals surface area contributed by atoms with E-state index in [1.165, 1.54) is 167 Å². The highest BCUT2D eigenvalue weighted by molar-refractivity contribution is 7.47. The minimum absolute atomic E-state index is 0.0307. The molecule has 0 radical (unpaired) electrons. The maximum absolute atomic E-state index is 12.8. The van der Waals surface area contributed by atoms with Crippen molar-refractivity contribution in [2.75, 3.05) is 47.5 Å². The second kappa shape index (κ2) is 57.1. The van der Waals surface area contributed by atoms with Gasteiger partial charge in [0.15, 0.2) is 6.10 Å². The summed E-state index contributed by atoms with van der Waals surface area (Å²) >= 11 is 0. The van der Waals surface area contributed by atoms with Gasteiger partial charge in [0.2, 0.25) is 0 Å². The fraction of sp³-hybridized carbons (Fsp3) is 0.788. The number of rotatable bonds is 58. The fourth-order valence-electron chi connectivity index (χ4n) is 8.86. The van der Waals surface area contributed by atoms with Crippen molar-refractivity contribution in [2.45, 2.75) is 290 Å². The van der Waals surface area contributed by atoms with Crippen LogP contribution < -0.4 is 0 Å². The number of nitrogens with zero attached hydrogens (tertiary/aromatic N) is 1. The number of unbranched alkanes of at least 4 members (excludes halogenated alkanes) is 32. The van der Waals surface area contributed by atoms with Crippen LogP contribution in [0.15, 0.2) is 72.9 Å². The fourth-order valence-corrected chi connectivity index (χ4v) is 9.60. The van der Waals surface area contributed by atoms with E-state index in [0.29, 0.717) is 17.4 Å². The molecular formula is C66H121NO8P+. The van der Waals surface area contributed by atoms with E-state index in [9.17, 15) is 19.0 Å². The number of carbonyl (C=O) groups excluding carboxylic acids is 2. The van der Waals surface area contributed by atoms with Gasteiger partial charge in [0, 0.05) is 12.8 Å². The summed E-state index contributed by atoms with van der Waals surface area (Å²) in [6.07, 6.45) is 75.7. The van der Waals surface area contributed by atoms with Crippen molar-refractivity contribution in [1.29, 1.82) is 0 Å². The third-order valence-corrected chi connectivity index (χ3v) is 14.7. The van der Waals surface area contributed by atoms with Gasteiger partial charge in [-0.05, 0) is 83.5 Å². The highest BCUT2D eigenvalue weighted by Crippen LogP contribution is 2.43. The molecular weight excluding hydrogens is 966 g/mol. The average Bonchev–Trinajstić information content (AvgIpc) is 3.38. The van der Waals surface area contributed by atoms with Gasteiger partial charge in [0.25, 0.3) is 0 Å². The molecule has 0 saturated heterocycles. The number of phosphoric ester groups is 1. The summed E-state index contributed by atoms with van der Waals surface area (Å²) in [5.41, 5.74) is 0. The van der Waals surface area contributed by atoms with Crippen molar-refractivity contribution in [3.63, 3.8) is 0 Å². The number of carbonyl (C=O) groups is 2. The van der Waals surface area contributed by atoms with E-state index in [1.807, 2.05) is 21.1 Å². The summed E-state index contributed by atoms with van der Waals surface area (Å²) in [6, 6.07) is 0. The van der Waals surface area contributed by atoms with Gasteiger partial charge in [-0.15, -0.1) is 0 Å². The zero-order chi connectivity index (χ0) is 55.6. The van der Waals surface area contributed by atoms with Crippen molar-refractivity contribution in [2.24, 2.45) is 0 Å². The van der Waals surface area contributed by atoms with Gasteiger partial charge in [-0.3, -0.25) is 18.6 Å². The topological polar surface area (TPSA) is 108 Å². The van der Waals surface area contributed by atoms with E-state index < -0.39 is 26.5 Å². The first-order valence-electron chi connectivity index (χ1n) is 31.7. The van der Waals surface area contributed by atoms with Gasteiger partial charge < -0.3 is 18.9 Å². The predicted octanol–water partition coefficient (Wildman–Crippen LogP) is 20.0. The molecule has 0 heterocycles. The van der Waals surface area contributed by atoms with Crippen LogP contribution in [0.25, 0.3) is 0 Å². The molecule has 2 unspecified atom stereocenters. The lowest BCUT2D eigenvalue weighted by Gasteiger charge is -2.24. The number of hydrogen-bond acceptors (Lipinski definition) is 7. The number of phosphoric acid groups is 1. The lowest BCUT2D eigenvalue weighted by atomic mass is 10.0. The first kappa shape index (κ1) is 73.5. The van der Waals surface area contributed by atoms with Gasteiger partial charge >= 0.3 is 19.8 Å². The zero-order valence-corrected chi connectivity index (χ0v) is 51.1. The Morgan fingerprint density at radius 3 is 1.13 bits per heavy atom. The molecule has 0 aliphatic heterocycles. The molecule has 0 aliphatic carbocycles. The Hall–Kier alpha value is -2.55. The van der Waals surface area contributed by atoms with Gasteiger partial charge in [-0.1, -0.05) is 260 Å². The number of hydrogen-bond donors (Lipinski definition) is 1. The monoisotopic (exact) mass is 1090 g/mol. The van der Waals surface area contributed by atoms with Gasteiger partial charge in [-0.2, -0.15) is 0 Å². The molecule has 0 aromatic rings. The van der Waals surface area contributed by atoms with Gasteiger partial charge in [0.1, 0.15) is 19.8 Å². The van der Waals surface area contributed by atoms with Crippen molar-refractivity contribution < 1.29 is 42.1 Å². The summed E-state index contributed by atoms with van der Waals surface area (Å²) < 4.78 is 34.6. The molecule has 0 bridgehead atoms. The van der Waals surface area contributed by atoms with Crippen LogP contribution in [0.1, 0.15) is 284 Å². The number of esters is 2. The second-order valence-corrected chi connectivity index (χ2v) is 23.9. The molecule has 0 saturated carbocycles. The molecule has 1 N–H and O–H groups in total. The smallest absolute Gasteiger partial charge is 0.462 e. The molecule has 0 aromatic carbocycles. The number of likely N-dealkylation sites (N-methyl/N-ethyl adjacent to an activating group) is 1. The molecule has 0 fully saturated rings. The van der Waals surface area contributed by atoms with E-state index in [4.69, 9.17) is 18.5 Å². The normalized spacial score (nSPS) is 13.7. The lowest BCUT2D eigenvalue weighted by Crippen LogP contribution is -2.37. The van der Waals surface area contributed by atoms with Gasteiger partial charge in [0.05, 0.1) is 27.7 Å². The quantitative estimate of drug-likeness (QED) is 0.0211. The van der Waals surface area contributed by atoms with E-state index in [2.05, 4.69) is 86.8 Å². The minimum atomic E-state index is -4.39. The van der Waals surface area contributed by atoms with E-state index in [1.54, 1.807) is 0 Å². The molecule has 0 aliphatic rings. The van der Waals surface area contributed by atoms with Crippen LogP contribution in [-0.2, 0) is 32.7 Å². The maximum atomic E-state index is 12.8. The number of ether oxygens (including phenoxy) is 2. The summed E-state index contributed by atoms with van der Waals surface area (Å²) in [7, 11) is 1.48. The van der Waals surface area contributed by atoms with Crippen LogP contribution >= 0.6 is 7.82 Å². The molecule has 10 heteroatoms. The largest absolute Gasteiger partial charge is 0.472 e. The maximum Gasteiger partial charge on any atom is 0.472 e. The molecule has 0 spiro atoms. The Kier molecular flexibility index (Phi) is 55.2. The van der Waals surface area contributed by atoms with Crippen molar-refractivity contribution in [3.05, 3.63) is 72.9 Å². The highest BCUT2D eigenvalue weighted by Gasteiger charge is 2.27. The summed E-state index contributed by atoms with van der Waals surface area (Å²) in [4.78, 5) is 35.7. The summed E-state index contributed by atoms with van der Waals surface area (Å²) in [5, 5.41) is 0. The first-order valence-corrected chi connectivity index (χ1v) is 33.2. The Labute approximate surface area is 469 Å². The molecule has 442 valence electrons. The van der Waals surface area contributed by atoms with Crippen LogP contribution in [0.5, 0.6) is 0 Å². The predicted molar refractivity (Wildman–Crippen MR) is 326 cm³/mol. The Bertz CT molecular complexity index is 1510. The van der Waals surface area contributed by atoms with Gasteiger partial charge in [-0.25, -0.2) is 4.57 Å². The Balaban J connectivity index is 3.96. The zero-order valence-electron chi connectivity index (χ0n) is 50.2. The minimum Gasteiger partial charge on any atom is -0.462 e. The number of allylic oxidation sites excluding steroid dienone is 12. The van der Waals surface area contributed by atoms with Crippen molar-refractivity contribution >= 4 is 19.8 Å². The molecule has 2 atom stereocenters. The van der Waals surface area contributed by atoms with E-state index >= 15 is 0 Å². The third kappa shape index (κ3) is 60.7. The summed E-state index contributed by atoms with van der Waals surface area (Å²) in [6.45, 7) is 4.33. The van der Waals surface area contributed by atoms with Crippen molar-refractivity contribution in [3.8, 4) is 0 Å². The SMILES string of the molecule is CC/C=C\C/C=C\C/C=C\C/C=C\C/C=C\CCCCCCCCCCCCCCCCCCCCCCCC(=O)OC(COC(=O)CCCCCCC/C=C\CCCCCCCC)COP(=O)(O)OCC[N+](C)(C)C. The Morgan fingerprint density at radius 1 is 0.421 bits per heavy atom. The standard InChI is InChI=1S/C66H120NO8P/c1-6-8-10-12-14-16-18-20-22-23-24-25-26-27-28-29-30-31-32-33-34-35-36-37-38-39-40-41-42-43-45-47-49-51-53-55-57-59-66(69)75-64(63-74-76(70,71)73-61-60-67(3,4)5)62-72-65(68)58-56-54-52-50-48-46-44-21-19-17-15-13-11-9-7-2/h8,10,14,16,20-22,24-25,27-28,44,64H,6-7,9,11-13,15,17-19,23,26,29-43,45-63H2,1-5H3/p+1/b10-8-,16-14-,22-20-,25-24-,28-27-,44-21-. The molecule has 9 nitrogen and oxygen atoms in total. The van der Waals surface area contributed by atoms with Crippen molar-refractivity contribution in [1.82, 2.24) is 0 Å². The van der Waals surface area contributed by atoms with Crippen LogP contribution in [0, 0.1) is 0 Å². The van der Waals surface area contributed by atoms with Crippen LogP contribution in [-0.4, -0.2) is 74.9 Å². The molecule has 0 rings (SSSR count). The van der Waals surface area contributed by atoms with Crippen LogP contribution in [0.4, 0.5) is 0 Å². The highest BCUT2D eigenvalue weighted by atomic mass is 31.2.